The molecule has 0 bridgehead atoms. The average molecular weight is 225 g/mol. The van der Waals surface area contributed by atoms with Gasteiger partial charge in [0.05, 0.1) is 25.1 Å². The Hall–Kier alpha value is -1.33. The molecular weight excluding hydrogens is 206 g/mol. The van der Waals surface area contributed by atoms with E-state index in [4.69, 9.17) is 4.74 Å². The number of likely N-dealkylation sites (N-methyl/N-ethyl adjacent to an activating group) is 1. The first-order valence-electron chi connectivity index (χ1n) is 5.18. The smallest absolute Gasteiger partial charge is 0.213 e. The minimum Gasteiger partial charge on any atom is -0.481 e. The van der Waals surface area contributed by atoms with E-state index in [1.165, 1.54) is 0 Å². The first-order valence-corrected chi connectivity index (χ1v) is 5.18. The number of hydrogen-bond acceptors (Lipinski definition) is 5. The Balaban J connectivity index is 2.36. The molecule has 0 saturated heterocycles. The van der Waals surface area contributed by atoms with Gasteiger partial charge in [-0.15, -0.1) is 0 Å². The summed E-state index contributed by atoms with van der Waals surface area (Å²) in [6, 6.07) is 3.65. The van der Waals surface area contributed by atoms with Gasteiger partial charge in [-0.3, -0.25) is 0 Å². The number of nitrogens with zero attached hydrogens (tertiary/aromatic N) is 2. The van der Waals surface area contributed by atoms with Gasteiger partial charge in [0.25, 0.3) is 0 Å². The van der Waals surface area contributed by atoms with Gasteiger partial charge >= 0.3 is 0 Å². The molecule has 0 aliphatic rings. The topological polar surface area (TPSA) is 57.6 Å². The molecule has 1 rings (SSSR count). The van der Waals surface area contributed by atoms with Crippen LogP contribution in [0.3, 0.4) is 0 Å². The van der Waals surface area contributed by atoms with Crippen LogP contribution in [0.25, 0.3) is 0 Å². The lowest BCUT2D eigenvalue weighted by Gasteiger charge is -2.16. The Bertz CT molecular complexity index is 301. The van der Waals surface area contributed by atoms with Crippen molar-refractivity contribution in [1.82, 2.24) is 9.88 Å². The summed E-state index contributed by atoms with van der Waals surface area (Å²) in [5, 5.41) is 12.7. The number of aliphatic hydroxyl groups is 1. The van der Waals surface area contributed by atoms with Gasteiger partial charge in [-0.25, -0.2) is 4.98 Å². The van der Waals surface area contributed by atoms with Gasteiger partial charge in [0.15, 0.2) is 0 Å². The van der Waals surface area contributed by atoms with Gasteiger partial charge in [-0.2, -0.15) is 0 Å². The predicted molar refractivity (Wildman–Crippen MR) is 63.8 cm³/mol. The Morgan fingerprint density at radius 2 is 2.25 bits per heavy atom. The maximum Gasteiger partial charge on any atom is 0.213 e. The maximum absolute atomic E-state index is 9.63. The Labute approximate surface area is 96.1 Å². The molecule has 1 unspecified atom stereocenters. The fraction of sp³-hybridized carbons (Fsp3) is 0.545. The molecule has 1 heterocycles. The number of hydrogen-bond donors (Lipinski definition) is 2. The predicted octanol–water partition coefficient (Wildman–Crippen LogP) is 0.425. The lowest BCUT2D eigenvalue weighted by molar-refractivity contribution is 0.148. The van der Waals surface area contributed by atoms with Crippen molar-refractivity contribution in [2.45, 2.75) is 6.10 Å². The van der Waals surface area contributed by atoms with E-state index in [2.05, 4.69) is 10.3 Å². The lowest BCUT2D eigenvalue weighted by atomic mass is 10.3. The van der Waals surface area contributed by atoms with E-state index in [1.54, 1.807) is 19.4 Å². The summed E-state index contributed by atoms with van der Waals surface area (Å²) >= 11 is 0. The summed E-state index contributed by atoms with van der Waals surface area (Å²) in [7, 11) is 5.44. The Morgan fingerprint density at radius 1 is 1.50 bits per heavy atom. The molecule has 0 spiro atoms. The summed E-state index contributed by atoms with van der Waals surface area (Å²) in [6.07, 6.45) is 1.29. The number of methoxy groups -OCH3 is 1. The fourth-order valence-electron chi connectivity index (χ4n) is 1.33. The quantitative estimate of drug-likeness (QED) is 0.735. The van der Waals surface area contributed by atoms with Gasteiger partial charge in [0.2, 0.25) is 5.88 Å². The van der Waals surface area contributed by atoms with Crippen LogP contribution in [0.15, 0.2) is 18.3 Å². The van der Waals surface area contributed by atoms with Crippen LogP contribution in [0.4, 0.5) is 5.69 Å². The van der Waals surface area contributed by atoms with Crippen LogP contribution in [0.5, 0.6) is 5.88 Å². The van der Waals surface area contributed by atoms with Crippen LogP contribution in [-0.2, 0) is 0 Å². The number of anilines is 1. The summed E-state index contributed by atoms with van der Waals surface area (Å²) in [5.41, 5.74) is 0.874. The third kappa shape index (κ3) is 4.46. The summed E-state index contributed by atoms with van der Waals surface area (Å²) < 4.78 is 4.95. The van der Waals surface area contributed by atoms with Crippen LogP contribution < -0.4 is 10.1 Å². The third-order valence-corrected chi connectivity index (χ3v) is 2.06. The monoisotopic (exact) mass is 225 g/mol. The molecule has 0 aromatic carbocycles. The van der Waals surface area contributed by atoms with Crippen LogP contribution >= 0.6 is 0 Å². The second kappa shape index (κ2) is 6.30. The molecule has 0 radical (unpaired) electrons. The molecule has 5 heteroatoms. The van der Waals surface area contributed by atoms with Crippen molar-refractivity contribution in [3.63, 3.8) is 0 Å². The van der Waals surface area contributed by atoms with Gasteiger partial charge in [-0.05, 0) is 20.2 Å². The van der Waals surface area contributed by atoms with E-state index in [-0.39, 0.29) is 0 Å². The van der Waals surface area contributed by atoms with Crippen LogP contribution in [-0.4, -0.2) is 55.4 Å². The van der Waals surface area contributed by atoms with E-state index >= 15 is 0 Å². The number of aromatic nitrogens is 1. The molecule has 16 heavy (non-hydrogen) atoms. The SMILES string of the molecule is COc1ccc(NCC(O)CN(C)C)cn1. The van der Waals surface area contributed by atoms with Crippen LogP contribution in [0.2, 0.25) is 0 Å². The van der Waals surface area contributed by atoms with E-state index in [9.17, 15) is 5.11 Å². The maximum atomic E-state index is 9.63. The highest BCUT2D eigenvalue weighted by Gasteiger charge is 2.05. The summed E-state index contributed by atoms with van der Waals surface area (Å²) in [4.78, 5) is 6.00. The van der Waals surface area contributed by atoms with Gasteiger partial charge < -0.3 is 20.1 Å². The number of ether oxygens (including phenoxy) is 1. The first-order chi connectivity index (χ1) is 7.61. The van der Waals surface area contributed by atoms with Crippen molar-refractivity contribution < 1.29 is 9.84 Å². The number of aliphatic hydroxyl groups excluding tert-OH is 1. The van der Waals surface area contributed by atoms with Crippen LogP contribution in [0.1, 0.15) is 0 Å². The Kier molecular flexibility index (Phi) is 5.01. The standard InChI is InChI=1S/C11H19N3O2/c1-14(2)8-10(15)7-12-9-4-5-11(16-3)13-6-9/h4-6,10,12,15H,7-8H2,1-3H3. The lowest BCUT2D eigenvalue weighted by Crippen LogP contribution is -2.31. The molecule has 1 atom stereocenters. The molecule has 1 aromatic heterocycles. The zero-order valence-corrected chi connectivity index (χ0v) is 9.97. The van der Waals surface area contributed by atoms with E-state index in [0.29, 0.717) is 19.0 Å². The first kappa shape index (κ1) is 12.7. The largest absolute Gasteiger partial charge is 0.481 e. The van der Waals surface area contributed by atoms with E-state index < -0.39 is 6.10 Å². The normalized spacial score (nSPS) is 12.6. The van der Waals surface area contributed by atoms with Crippen molar-refractivity contribution in [1.29, 1.82) is 0 Å². The van der Waals surface area contributed by atoms with Crippen molar-refractivity contribution in [3.8, 4) is 5.88 Å². The zero-order valence-electron chi connectivity index (χ0n) is 9.97. The highest BCUT2D eigenvalue weighted by molar-refractivity contribution is 5.42. The van der Waals surface area contributed by atoms with E-state index in [1.807, 2.05) is 25.1 Å². The second-order valence-corrected chi connectivity index (χ2v) is 3.89. The van der Waals surface area contributed by atoms with Crippen molar-refractivity contribution in [2.75, 3.05) is 39.6 Å². The Morgan fingerprint density at radius 3 is 2.75 bits per heavy atom. The molecule has 90 valence electrons. The molecule has 0 saturated carbocycles. The highest BCUT2D eigenvalue weighted by atomic mass is 16.5. The zero-order chi connectivity index (χ0) is 12.0. The highest BCUT2D eigenvalue weighted by Crippen LogP contribution is 2.10. The minimum atomic E-state index is -0.392. The van der Waals surface area contributed by atoms with Crippen molar-refractivity contribution in [2.24, 2.45) is 0 Å². The van der Waals surface area contributed by atoms with Crippen molar-refractivity contribution >= 4 is 5.69 Å². The molecule has 0 fully saturated rings. The summed E-state index contributed by atoms with van der Waals surface area (Å²) in [6.45, 7) is 1.14. The van der Waals surface area contributed by atoms with Gasteiger partial charge in [0, 0.05) is 19.2 Å². The van der Waals surface area contributed by atoms with Gasteiger partial charge in [-0.1, -0.05) is 0 Å². The molecule has 1 aromatic rings. The molecule has 5 nitrogen and oxygen atoms in total. The van der Waals surface area contributed by atoms with Crippen molar-refractivity contribution in [3.05, 3.63) is 18.3 Å². The number of nitrogens with one attached hydrogen (secondary N) is 1. The molecule has 0 aliphatic carbocycles. The molecule has 0 amide bonds. The minimum absolute atomic E-state index is 0.392. The van der Waals surface area contributed by atoms with Crippen LogP contribution in [0, 0.1) is 0 Å². The average Bonchev–Trinajstić information content (AvgIpc) is 2.26. The van der Waals surface area contributed by atoms with Gasteiger partial charge in [0.1, 0.15) is 0 Å². The third-order valence-electron chi connectivity index (χ3n) is 2.06. The fourth-order valence-corrected chi connectivity index (χ4v) is 1.33. The summed E-state index contributed by atoms with van der Waals surface area (Å²) in [5.74, 6) is 0.583. The number of rotatable bonds is 6. The molecule has 0 aliphatic heterocycles. The molecular formula is C11H19N3O2. The second-order valence-electron chi connectivity index (χ2n) is 3.89. The van der Waals surface area contributed by atoms with E-state index in [0.717, 1.165) is 5.69 Å². The molecule has 2 N–H and O–H groups in total. The number of pyridine rings is 1.